The van der Waals surface area contributed by atoms with Gasteiger partial charge in [-0.1, -0.05) is 36.4 Å². The summed E-state index contributed by atoms with van der Waals surface area (Å²) in [6.07, 6.45) is -4.47. The molecule has 2 aromatic rings. The van der Waals surface area contributed by atoms with Gasteiger partial charge in [0.15, 0.2) is 0 Å². The lowest BCUT2D eigenvalue weighted by Crippen LogP contribution is -2.36. The number of alkyl halides is 3. The topological polar surface area (TPSA) is 38.3 Å². The van der Waals surface area contributed by atoms with Gasteiger partial charge >= 0.3 is 6.18 Å². The Morgan fingerprint density at radius 3 is 2.50 bits per heavy atom. The van der Waals surface area contributed by atoms with Crippen LogP contribution in [0.1, 0.15) is 28.4 Å². The maximum Gasteiger partial charge on any atom is 0.416 e. The summed E-state index contributed by atoms with van der Waals surface area (Å²) < 4.78 is 43.5. The monoisotopic (exact) mass is 337 g/mol. The van der Waals surface area contributed by atoms with E-state index in [9.17, 15) is 18.0 Å². The van der Waals surface area contributed by atoms with Crippen molar-refractivity contribution in [2.75, 3.05) is 6.61 Å². The minimum atomic E-state index is -4.47. The van der Waals surface area contributed by atoms with Crippen molar-refractivity contribution in [1.29, 1.82) is 0 Å². The number of rotatable bonds is 6. The van der Waals surface area contributed by atoms with Crippen molar-refractivity contribution in [3.05, 3.63) is 71.3 Å². The van der Waals surface area contributed by atoms with E-state index in [1.807, 2.05) is 30.3 Å². The molecule has 0 aromatic heterocycles. The molecular formula is C18H18F3NO2. The molecule has 0 aliphatic carbocycles. The standard InChI is InChI=1S/C18H18F3NO2/c1-13(11-24-12-14-6-3-2-4-7-14)22-17(23)15-8-5-9-16(10-15)18(19,20)21/h2-10,13H,11-12H2,1H3,(H,22,23). The molecule has 0 radical (unpaired) electrons. The fraction of sp³-hybridized carbons (Fsp3) is 0.278. The van der Waals surface area contributed by atoms with Crippen LogP contribution < -0.4 is 5.32 Å². The Hall–Kier alpha value is -2.34. The number of carbonyl (C=O) groups excluding carboxylic acids is 1. The number of nitrogens with one attached hydrogen (secondary N) is 1. The summed E-state index contributed by atoms with van der Waals surface area (Å²) in [5, 5.41) is 2.63. The smallest absolute Gasteiger partial charge is 0.375 e. The minimum absolute atomic E-state index is 0.0280. The number of halogens is 3. The molecule has 1 unspecified atom stereocenters. The SMILES string of the molecule is CC(COCc1ccccc1)NC(=O)c1cccc(C(F)(F)F)c1. The van der Waals surface area contributed by atoms with Gasteiger partial charge in [0, 0.05) is 11.6 Å². The van der Waals surface area contributed by atoms with Gasteiger partial charge in [-0.2, -0.15) is 13.2 Å². The van der Waals surface area contributed by atoms with Crippen molar-refractivity contribution in [1.82, 2.24) is 5.32 Å². The van der Waals surface area contributed by atoms with Crippen LogP contribution in [0.15, 0.2) is 54.6 Å². The van der Waals surface area contributed by atoms with Crippen LogP contribution in [0.2, 0.25) is 0 Å². The molecule has 1 atom stereocenters. The third kappa shape index (κ3) is 5.38. The predicted octanol–water partition coefficient (Wildman–Crippen LogP) is 4.04. The van der Waals surface area contributed by atoms with Crippen LogP contribution in [0.5, 0.6) is 0 Å². The quantitative estimate of drug-likeness (QED) is 0.864. The minimum Gasteiger partial charge on any atom is -0.375 e. The molecule has 0 spiro atoms. The van der Waals surface area contributed by atoms with Crippen LogP contribution in [0.3, 0.4) is 0 Å². The molecule has 1 N–H and O–H groups in total. The van der Waals surface area contributed by atoms with Crippen molar-refractivity contribution in [2.45, 2.75) is 25.7 Å². The van der Waals surface area contributed by atoms with Crippen LogP contribution in [-0.4, -0.2) is 18.6 Å². The number of ether oxygens (including phenoxy) is 1. The van der Waals surface area contributed by atoms with E-state index < -0.39 is 17.6 Å². The van der Waals surface area contributed by atoms with Gasteiger partial charge < -0.3 is 10.1 Å². The molecule has 0 saturated heterocycles. The molecule has 6 heteroatoms. The van der Waals surface area contributed by atoms with Crippen LogP contribution in [0, 0.1) is 0 Å². The van der Waals surface area contributed by atoms with E-state index in [0.717, 1.165) is 17.7 Å². The number of amides is 1. The lowest BCUT2D eigenvalue weighted by molar-refractivity contribution is -0.137. The van der Waals surface area contributed by atoms with E-state index in [1.165, 1.54) is 12.1 Å². The van der Waals surface area contributed by atoms with Crippen molar-refractivity contribution in [2.24, 2.45) is 0 Å². The zero-order valence-electron chi connectivity index (χ0n) is 13.1. The molecule has 3 nitrogen and oxygen atoms in total. The van der Waals surface area contributed by atoms with Gasteiger partial charge in [-0.3, -0.25) is 4.79 Å². The van der Waals surface area contributed by atoms with E-state index in [1.54, 1.807) is 6.92 Å². The molecule has 128 valence electrons. The Balaban J connectivity index is 1.85. The molecule has 0 heterocycles. The summed E-state index contributed by atoms with van der Waals surface area (Å²) in [4.78, 5) is 12.0. The predicted molar refractivity (Wildman–Crippen MR) is 84.5 cm³/mol. The van der Waals surface area contributed by atoms with Gasteiger partial charge in [-0.05, 0) is 30.7 Å². The average Bonchev–Trinajstić information content (AvgIpc) is 2.55. The summed E-state index contributed by atoms with van der Waals surface area (Å²) in [5.41, 5.74) is 0.136. The Morgan fingerprint density at radius 1 is 1.12 bits per heavy atom. The van der Waals surface area contributed by atoms with Gasteiger partial charge in [-0.15, -0.1) is 0 Å². The fourth-order valence-electron chi connectivity index (χ4n) is 2.11. The summed E-state index contributed by atoms with van der Waals surface area (Å²) in [6, 6.07) is 13.6. The van der Waals surface area contributed by atoms with Gasteiger partial charge in [0.1, 0.15) is 0 Å². The van der Waals surface area contributed by atoms with E-state index in [4.69, 9.17) is 4.74 Å². The first kappa shape index (κ1) is 18.0. The largest absolute Gasteiger partial charge is 0.416 e. The first-order chi connectivity index (χ1) is 11.4. The van der Waals surface area contributed by atoms with Gasteiger partial charge in [0.25, 0.3) is 5.91 Å². The molecule has 2 aromatic carbocycles. The Bertz CT molecular complexity index is 671. The highest BCUT2D eigenvalue weighted by Gasteiger charge is 2.30. The molecule has 2 rings (SSSR count). The van der Waals surface area contributed by atoms with Crippen molar-refractivity contribution in [3.8, 4) is 0 Å². The van der Waals surface area contributed by atoms with Crippen LogP contribution in [0.25, 0.3) is 0 Å². The second kappa shape index (κ2) is 7.97. The van der Waals surface area contributed by atoms with Crippen LogP contribution in [0.4, 0.5) is 13.2 Å². The van der Waals surface area contributed by atoms with E-state index in [0.29, 0.717) is 6.61 Å². The second-order valence-corrected chi connectivity index (χ2v) is 5.45. The maximum absolute atomic E-state index is 12.7. The molecule has 0 aliphatic heterocycles. The summed E-state index contributed by atoms with van der Waals surface area (Å²) in [6.45, 7) is 2.40. The van der Waals surface area contributed by atoms with Crippen LogP contribution in [-0.2, 0) is 17.5 Å². The Morgan fingerprint density at radius 2 is 1.83 bits per heavy atom. The van der Waals surface area contributed by atoms with Gasteiger partial charge in [-0.25, -0.2) is 0 Å². The number of benzene rings is 2. The van der Waals surface area contributed by atoms with Crippen molar-refractivity contribution in [3.63, 3.8) is 0 Å². The molecule has 24 heavy (non-hydrogen) atoms. The van der Waals surface area contributed by atoms with E-state index in [-0.39, 0.29) is 18.2 Å². The number of carbonyl (C=O) groups is 1. The molecule has 0 bridgehead atoms. The fourth-order valence-corrected chi connectivity index (χ4v) is 2.11. The first-order valence-electron chi connectivity index (χ1n) is 7.46. The summed E-state index contributed by atoms with van der Waals surface area (Å²) >= 11 is 0. The maximum atomic E-state index is 12.7. The molecule has 1 amide bonds. The third-order valence-corrected chi connectivity index (χ3v) is 3.31. The molecule has 0 aliphatic rings. The number of hydrogen-bond acceptors (Lipinski definition) is 2. The Labute approximate surface area is 138 Å². The molecular weight excluding hydrogens is 319 g/mol. The van der Waals surface area contributed by atoms with E-state index in [2.05, 4.69) is 5.32 Å². The highest BCUT2D eigenvalue weighted by atomic mass is 19.4. The second-order valence-electron chi connectivity index (χ2n) is 5.45. The zero-order valence-corrected chi connectivity index (χ0v) is 13.1. The Kier molecular flexibility index (Phi) is 5.98. The highest BCUT2D eigenvalue weighted by Crippen LogP contribution is 2.29. The zero-order chi connectivity index (χ0) is 17.6. The lowest BCUT2D eigenvalue weighted by atomic mass is 10.1. The third-order valence-electron chi connectivity index (χ3n) is 3.31. The van der Waals surface area contributed by atoms with Crippen molar-refractivity contribution < 1.29 is 22.7 Å². The average molecular weight is 337 g/mol. The normalized spacial score (nSPS) is 12.7. The van der Waals surface area contributed by atoms with Gasteiger partial charge in [0.2, 0.25) is 0 Å². The summed E-state index contributed by atoms with van der Waals surface area (Å²) in [7, 11) is 0. The number of hydrogen-bond donors (Lipinski definition) is 1. The summed E-state index contributed by atoms with van der Waals surface area (Å²) in [5.74, 6) is -0.558. The van der Waals surface area contributed by atoms with Crippen molar-refractivity contribution >= 4 is 5.91 Å². The lowest BCUT2D eigenvalue weighted by Gasteiger charge is -2.15. The van der Waals surface area contributed by atoms with Gasteiger partial charge in [0.05, 0.1) is 18.8 Å². The van der Waals surface area contributed by atoms with Crippen LogP contribution >= 0.6 is 0 Å². The first-order valence-corrected chi connectivity index (χ1v) is 7.46. The highest BCUT2D eigenvalue weighted by molar-refractivity contribution is 5.94. The molecule has 0 saturated carbocycles. The van der Waals surface area contributed by atoms with E-state index >= 15 is 0 Å². The molecule has 0 fully saturated rings.